The molecule has 6 heteroatoms. The number of carboxylic acid groups (broad SMARTS) is 1. The summed E-state index contributed by atoms with van der Waals surface area (Å²) in [6.07, 6.45) is 0. The fourth-order valence-corrected chi connectivity index (χ4v) is 0.713. The molecule has 1 unspecified atom stereocenters. The fourth-order valence-electron chi connectivity index (χ4n) is 0.713. The highest BCUT2D eigenvalue weighted by Gasteiger charge is 2.18. The molecular formula is C7H14N2O4. The van der Waals surface area contributed by atoms with Crippen LogP contribution < -0.4 is 5.32 Å². The summed E-state index contributed by atoms with van der Waals surface area (Å²) >= 11 is 0. The van der Waals surface area contributed by atoms with E-state index in [9.17, 15) is 9.59 Å². The summed E-state index contributed by atoms with van der Waals surface area (Å²) in [6, 6.07) is -1.22. The summed E-state index contributed by atoms with van der Waals surface area (Å²) in [4.78, 5) is 23.0. The molecule has 0 spiro atoms. The highest BCUT2D eigenvalue weighted by Crippen LogP contribution is 1.83. The second-order valence-electron chi connectivity index (χ2n) is 2.88. The van der Waals surface area contributed by atoms with Crippen LogP contribution in [0.1, 0.15) is 0 Å². The van der Waals surface area contributed by atoms with E-state index in [1.165, 1.54) is 0 Å². The molecule has 76 valence electrons. The van der Waals surface area contributed by atoms with Crippen LogP contribution in [0.15, 0.2) is 0 Å². The lowest BCUT2D eigenvalue weighted by atomic mass is 10.3. The van der Waals surface area contributed by atoms with E-state index in [1.54, 1.807) is 19.0 Å². The number of carboxylic acids is 1. The minimum atomic E-state index is -1.24. The highest BCUT2D eigenvalue weighted by atomic mass is 16.4. The second kappa shape index (κ2) is 5.50. The molecule has 0 aromatic rings. The van der Waals surface area contributed by atoms with Crippen molar-refractivity contribution in [2.24, 2.45) is 0 Å². The van der Waals surface area contributed by atoms with Gasteiger partial charge in [0.05, 0.1) is 13.2 Å². The summed E-state index contributed by atoms with van der Waals surface area (Å²) in [7, 11) is 3.38. The summed E-state index contributed by atoms with van der Waals surface area (Å²) in [6.45, 7) is -0.502. The Morgan fingerprint density at radius 1 is 1.46 bits per heavy atom. The predicted molar refractivity (Wildman–Crippen MR) is 45.2 cm³/mol. The van der Waals surface area contributed by atoms with E-state index in [-0.39, 0.29) is 6.54 Å². The average molecular weight is 190 g/mol. The van der Waals surface area contributed by atoms with Gasteiger partial charge < -0.3 is 20.4 Å². The van der Waals surface area contributed by atoms with Gasteiger partial charge in [0.25, 0.3) is 0 Å². The third-order valence-corrected chi connectivity index (χ3v) is 1.28. The van der Waals surface area contributed by atoms with Gasteiger partial charge >= 0.3 is 5.97 Å². The summed E-state index contributed by atoms with van der Waals surface area (Å²) in [5.74, 6) is -1.67. The maximum Gasteiger partial charge on any atom is 0.328 e. The van der Waals surface area contributed by atoms with Crippen molar-refractivity contribution >= 4 is 11.9 Å². The van der Waals surface area contributed by atoms with Crippen molar-refractivity contribution in [3.05, 3.63) is 0 Å². The Kier molecular flexibility index (Phi) is 5.01. The molecule has 1 atom stereocenters. The van der Waals surface area contributed by atoms with Crippen LogP contribution in [-0.4, -0.2) is 60.3 Å². The molecule has 0 saturated carbocycles. The molecule has 3 N–H and O–H groups in total. The van der Waals surface area contributed by atoms with Gasteiger partial charge in [-0.3, -0.25) is 4.79 Å². The normalized spacial score (nSPS) is 12.6. The molecule has 0 radical (unpaired) electrons. The molecule has 0 aliphatic carbocycles. The van der Waals surface area contributed by atoms with Gasteiger partial charge in [-0.25, -0.2) is 4.79 Å². The predicted octanol–water partition coefficient (Wildman–Crippen LogP) is -1.89. The molecule has 0 saturated heterocycles. The Balaban J connectivity index is 3.94. The minimum absolute atomic E-state index is 0.101. The van der Waals surface area contributed by atoms with E-state index < -0.39 is 24.5 Å². The number of likely N-dealkylation sites (N-methyl/N-ethyl adjacent to an activating group) is 1. The molecule has 0 aromatic carbocycles. The van der Waals surface area contributed by atoms with Crippen LogP contribution in [0.5, 0.6) is 0 Å². The lowest BCUT2D eigenvalue weighted by Crippen LogP contribution is -2.46. The van der Waals surface area contributed by atoms with E-state index in [1.807, 2.05) is 0 Å². The minimum Gasteiger partial charge on any atom is -0.480 e. The first-order chi connectivity index (χ1) is 5.97. The Bertz CT molecular complexity index is 193. The number of aliphatic hydroxyl groups is 1. The van der Waals surface area contributed by atoms with E-state index in [0.29, 0.717) is 0 Å². The van der Waals surface area contributed by atoms with E-state index in [2.05, 4.69) is 5.32 Å². The summed E-state index contributed by atoms with van der Waals surface area (Å²) in [5, 5.41) is 19.2. The van der Waals surface area contributed by atoms with Crippen molar-refractivity contribution < 1.29 is 19.8 Å². The number of aliphatic carboxylic acids is 1. The maximum atomic E-state index is 11.0. The van der Waals surface area contributed by atoms with Crippen molar-refractivity contribution in [3.63, 3.8) is 0 Å². The Morgan fingerprint density at radius 3 is 2.31 bits per heavy atom. The Labute approximate surface area is 76.2 Å². The number of carbonyl (C=O) groups excluding carboxylic acids is 1. The van der Waals surface area contributed by atoms with Crippen molar-refractivity contribution in [2.75, 3.05) is 27.2 Å². The molecule has 0 aliphatic heterocycles. The molecule has 0 heterocycles. The van der Waals surface area contributed by atoms with Gasteiger partial charge in [-0.15, -0.1) is 0 Å². The molecule has 0 aliphatic rings. The molecular weight excluding hydrogens is 176 g/mol. The molecule has 13 heavy (non-hydrogen) atoms. The van der Waals surface area contributed by atoms with E-state index in [0.717, 1.165) is 0 Å². The Hall–Kier alpha value is -1.14. The van der Waals surface area contributed by atoms with E-state index in [4.69, 9.17) is 10.2 Å². The first-order valence-electron chi connectivity index (χ1n) is 3.75. The van der Waals surface area contributed by atoms with E-state index >= 15 is 0 Å². The van der Waals surface area contributed by atoms with Gasteiger partial charge in [0.2, 0.25) is 5.91 Å². The van der Waals surface area contributed by atoms with Gasteiger partial charge in [0.15, 0.2) is 0 Å². The smallest absolute Gasteiger partial charge is 0.328 e. The zero-order chi connectivity index (χ0) is 10.4. The molecule has 6 nitrogen and oxygen atoms in total. The number of aliphatic hydroxyl groups excluding tert-OH is 1. The maximum absolute atomic E-state index is 11.0. The van der Waals surface area contributed by atoms with Gasteiger partial charge in [-0.2, -0.15) is 0 Å². The topological polar surface area (TPSA) is 89.9 Å². The lowest BCUT2D eigenvalue weighted by molar-refractivity contribution is -0.143. The zero-order valence-corrected chi connectivity index (χ0v) is 7.65. The molecule has 0 aromatic heterocycles. The monoisotopic (exact) mass is 190 g/mol. The first-order valence-corrected chi connectivity index (χ1v) is 3.75. The van der Waals surface area contributed by atoms with Crippen LogP contribution in [0.4, 0.5) is 0 Å². The van der Waals surface area contributed by atoms with Crippen molar-refractivity contribution in [3.8, 4) is 0 Å². The second-order valence-corrected chi connectivity index (χ2v) is 2.88. The number of amides is 1. The van der Waals surface area contributed by atoms with Crippen LogP contribution in [0.25, 0.3) is 0 Å². The van der Waals surface area contributed by atoms with Gasteiger partial charge in [0.1, 0.15) is 6.04 Å². The number of rotatable bonds is 5. The third kappa shape index (κ3) is 5.15. The van der Waals surface area contributed by atoms with Crippen LogP contribution in [0.3, 0.4) is 0 Å². The van der Waals surface area contributed by atoms with Crippen molar-refractivity contribution in [2.45, 2.75) is 6.04 Å². The van der Waals surface area contributed by atoms with Gasteiger partial charge in [-0.1, -0.05) is 0 Å². The number of hydrogen-bond donors (Lipinski definition) is 3. The van der Waals surface area contributed by atoms with Gasteiger partial charge in [0, 0.05) is 0 Å². The average Bonchev–Trinajstić information content (AvgIpc) is 1.98. The molecule has 0 fully saturated rings. The first kappa shape index (κ1) is 11.9. The van der Waals surface area contributed by atoms with Crippen LogP contribution in [-0.2, 0) is 9.59 Å². The molecule has 1 amide bonds. The van der Waals surface area contributed by atoms with Crippen LogP contribution in [0, 0.1) is 0 Å². The number of nitrogens with zero attached hydrogens (tertiary/aromatic N) is 1. The fraction of sp³-hybridized carbons (Fsp3) is 0.714. The number of hydrogen-bond acceptors (Lipinski definition) is 4. The third-order valence-electron chi connectivity index (χ3n) is 1.28. The summed E-state index contributed by atoms with van der Waals surface area (Å²) in [5.41, 5.74) is 0. The van der Waals surface area contributed by atoms with Gasteiger partial charge in [-0.05, 0) is 14.1 Å². The van der Waals surface area contributed by atoms with Crippen LogP contribution >= 0.6 is 0 Å². The molecule has 0 bridgehead atoms. The largest absolute Gasteiger partial charge is 0.480 e. The Morgan fingerprint density at radius 2 is 2.00 bits per heavy atom. The number of carbonyl (C=O) groups is 2. The quantitative estimate of drug-likeness (QED) is 0.471. The SMILES string of the molecule is CN(C)CC(=O)NC(CO)C(=O)O. The van der Waals surface area contributed by atoms with Crippen LogP contribution in [0.2, 0.25) is 0 Å². The standard InChI is InChI=1S/C7H14N2O4/c1-9(2)3-6(11)8-5(4-10)7(12)13/h5,10H,3-4H2,1-2H3,(H,8,11)(H,12,13). The molecule has 0 rings (SSSR count). The highest BCUT2D eigenvalue weighted by molar-refractivity contribution is 5.84. The lowest BCUT2D eigenvalue weighted by Gasteiger charge is -2.13. The number of nitrogens with one attached hydrogen (secondary N) is 1. The zero-order valence-electron chi connectivity index (χ0n) is 7.65. The summed E-state index contributed by atoms with van der Waals surface area (Å²) < 4.78 is 0. The van der Waals surface area contributed by atoms with Crippen molar-refractivity contribution in [1.29, 1.82) is 0 Å². The van der Waals surface area contributed by atoms with Crippen molar-refractivity contribution in [1.82, 2.24) is 10.2 Å².